The number of hydrogen-bond acceptors (Lipinski definition) is 3. The summed E-state index contributed by atoms with van der Waals surface area (Å²) < 4.78 is 5.44. The third kappa shape index (κ3) is 2.79. The minimum Gasteiger partial charge on any atom is -0.467 e. The van der Waals surface area contributed by atoms with Gasteiger partial charge in [0.2, 0.25) is 11.8 Å². The Morgan fingerprint density at radius 2 is 1.84 bits per heavy atom. The average Bonchev–Trinajstić information content (AvgIpc) is 3.44. The van der Waals surface area contributed by atoms with E-state index in [4.69, 9.17) is 4.42 Å². The van der Waals surface area contributed by atoms with Gasteiger partial charge in [-0.3, -0.25) is 9.59 Å². The van der Waals surface area contributed by atoms with E-state index in [-0.39, 0.29) is 24.4 Å². The van der Waals surface area contributed by atoms with Gasteiger partial charge in [0.05, 0.1) is 18.8 Å². The predicted octanol–water partition coefficient (Wildman–Crippen LogP) is 3.95. The third-order valence-corrected chi connectivity index (χ3v) is 6.75. The fourth-order valence-electron chi connectivity index (χ4n) is 5.27. The molecule has 0 spiro atoms. The Morgan fingerprint density at radius 3 is 2.66 bits per heavy atom. The van der Waals surface area contributed by atoms with Crippen LogP contribution < -0.4 is 0 Å². The SMILES string of the molecule is Cc1ccccc1C1c2[nH]c3ccccc3c2CC2C(=O)N(Cc3ccco3)CC(=O)N21. The van der Waals surface area contributed by atoms with Crippen molar-refractivity contribution in [1.29, 1.82) is 0 Å². The zero-order valence-electron chi connectivity index (χ0n) is 17.7. The van der Waals surface area contributed by atoms with Crippen molar-refractivity contribution in [3.8, 4) is 0 Å². The predicted molar refractivity (Wildman–Crippen MR) is 120 cm³/mol. The van der Waals surface area contributed by atoms with E-state index < -0.39 is 6.04 Å². The molecule has 1 N–H and O–H groups in total. The van der Waals surface area contributed by atoms with Crippen LogP contribution in [0.5, 0.6) is 0 Å². The molecule has 4 aromatic rings. The highest BCUT2D eigenvalue weighted by molar-refractivity contribution is 5.97. The summed E-state index contributed by atoms with van der Waals surface area (Å²) in [5, 5.41) is 1.11. The number of fused-ring (bicyclic) bond motifs is 4. The number of furan rings is 1. The quantitative estimate of drug-likeness (QED) is 0.540. The van der Waals surface area contributed by atoms with E-state index in [1.54, 1.807) is 22.1 Å². The second-order valence-electron chi connectivity index (χ2n) is 8.62. The lowest BCUT2D eigenvalue weighted by Gasteiger charge is -2.47. The maximum absolute atomic E-state index is 13.6. The van der Waals surface area contributed by atoms with E-state index in [9.17, 15) is 9.59 Å². The molecule has 2 aliphatic heterocycles. The number of aromatic nitrogens is 1. The van der Waals surface area contributed by atoms with Gasteiger partial charge in [-0.2, -0.15) is 0 Å². The van der Waals surface area contributed by atoms with Crippen molar-refractivity contribution < 1.29 is 14.0 Å². The van der Waals surface area contributed by atoms with E-state index in [1.165, 1.54) is 0 Å². The molecule has 2 aliphatic rings. The number of piperazine rings is 1. The van der Waals surface area contributed by atoms with Gasteiger partial charge in [-0.05, 0) is 41.8 Å². The number of carbonyl (C=O) groups excluding carboxylic acids is 2. The van der Waals surface area contributed by atoms with Crippen LogP contribution in [0.4, 0.5) is 0 Å². The molecule has 0 aliphatic carbocycles. The summed E-state index contributed by atoms with van der Waals surface area (Å²) in [4.78, 5) is 34.2. The van der Waals surface area contributed by atoms with Gasteiger partial charge in [0.15, 0.2) is 0 Å². The van der Waals surface area contributed by atoms with Crippen LogP contribution in [-0.4, -0.2) is 39.2 Å². The second-order valence-corrected chi connectivity index (χ2v) is 8.62. The molecule has 2 atom stereocenters. The number of hydrogen-bond donors (Lipinski definition) is 1. The first-order valence-electron chi connectivity index (χ1n) is 10.9. The number of H-pyrrole nitrogens is 1. The largest absolute Gasteiger partial charge is 0.467 e. The second kappa shape index (κ2) is 7.12. The van der Waals surface area contributed by atoms with Gasteiger partial charge in [-0.25, -0.2) is 0 Å². The van der Waals surface area contributed by atoms with Crippen LogP contribution in [-0.2, 0) is 22.6 Å². The third-order valence-electron chi connectivity index (χ3n) is 6.75. The van der Waals surface area contributed by atoms with Gasteiger partial charge in [-0.1, -0.05) is 42.5 Å². The standard InChI is InChI=1S/C26H23N3O3/c1-16-7-2-3-9-18(16)25-24-20(19-10-4-5-11-21(19)27-24)13-22-26(31)28(15-23(30)29(22)25)14-17-8-6-12-32-17/h2-12,22,25,27H,13-15H2,1H3. The van der Waals surface area contributed by atoms with Crippen LogP contribution in [0, 0.1) is 6.92 Å². The lowest BCUT2D eigenvalue weighted by Crippen LogP contribution is -2.62. The smallest absolute Gasteiger partial charge is 0.246 e. The lowest BCUT2D eigenvalue weighted by molar-refractivity contribution is -0.159. The summed E-state index contributed by atoms with van der Waals surface area (Å²) in [6, 6.07) is 19.0. The lowest BCUT2D eigenvalue weighted by atomic mass is 9.85. The minimum atomic E-state index is -0.539. The number of aromatic amines is 1. The molecule has 1 saturated heterocycles. The van der Waals surface area contributed by atoms with Crippen LogP contribution in [0.15, 0.2) is 71.3 Å². The molecule has 2 aromatic carbocycles. The zero-order chi connectivity index (χ0) is 21.8. The normalized spacial score (nSPS) is 20.5. The number of aryl methyl sites for hydroxylation is 1. The van der Waals surface area contributed by atoms with Crippen LogP contribution >= 0.6 is 0 Å². The summed E-state index contributed by atoms with van der Waals surface area (Å²) in [7, 11) is 0. The summed E-state index contributed by atoms with van der Waals surface area (Å²) in [6.45, 7) is 2.41. The maximum atomic E-state index is 13.6. The van der Waals surface area contributed by atoms with Gasteiger partial charge in [0.1, 0.15) is 18.3 Å². The topological polar surface area (TPSA) is 69.5 Å². The van der Waals surface area contributed by atoms with Gasteiger partial charge in [-0.15, -0.1) is 0 Å². The number of carbonyl (C=O) groups is 2. The minimum absolute atomic E-state index is 0.0319. The van der Waals surface area contributed by atoms with Gasteiger partial charge < -0.3 is 19.2 Å². The molecule has 0 saturated carbocycles. The number of nitrogens with one attached hydrogen (secondary N) is 1. The summed E-state index contributed by atoms with van der Waals surface area (Å²) in [6.07, 6.45) is 2.09. The van der Waals surface area contributed by atoms with Crippen molar-refractivity contribution in [3.05, 3.63) is 95.1 Å². The number of para-hydroxylation sites is 1. The van der Waals surface area contributed by atoms with Crippen LogP contribution in [0.2, 0.25) is 0 Å². The number of rotatable bonds is 3. The van der Waals surface area contributed by atoms with E-state index in [2.05, 4.69) is 36.2 Å². The summed E-state index contributed by atoms with van der Waals surface area (Å²) >= 11 is 0. The first kappa shape index (κ1) is 18.9. The maximum Gasteiger partial charge on any atom is 0.246 e. The van der Waals surface area contributed by atoms with Crippen molar-refractivity contribution in [2.45, 2.75) is 32.0 Å². The first-order chi connectivity index (χ1) is 15.6. The molecule has 32 heavy (non-hydrogen) atoms. The Labute approximate surface area is 185 Å². The molecule has 0 radical (unpaired) electrons. The number of amides is 2. The molecule has 0 bridgehead atoms. The first-order valence-corrected chi connectivity index (χ1v) is 10.9. The van der Waals surface area contributed by atoms with Crippen molar-refractivity contribution in [2.24, 2.45) is 0 Å². The Balaban J connectivity index is 1.50. The van der Waals surface area contributed by atoms with Crippen LogP contribution in [0.1, 0.15) is 34.2 Å². The monoisotopic (exact) mass is 425 g/mol. The molecular formula is C26H23N3O3. The van der Waals surface area contributed by atoms with Gasteiger partial charge >= 0.3 is 0 Å². The molecule has 2 aromatic heterocycles. The van der Waals surface area contributed by atoms with E-state index in [1.807, 2.05) is 30.3 Å². The Bertz CT molecular complexity index is 1340. The molecular weight excluding hydrogens is 402 g/mol. The Hall–Kier alpha value is -3.80. The molecule has 160 valence electrons. The molecule has 4 heterocycles. The molecule has 2 amide bonds. The molecule has 6 rings (SSSR count). The molecule has 1 fully saturated rings. The van der Waals surface area contributed by atoms with E-state index in [0.29, 0.717) is 18.7 Å². The van der Waals surface area contributed by atoms with Gasteiger partial charge in [0, 0.05) is 23.0 Å². The van der Waals surface area contributed by atoms with E-state index >= 15 is 0 Å². The average molecular weight is 425 g/mol. The summed E-state index contributed by atoms with van der Waals surface area (Å²) in [5.41, 5.74) is 5.31. The number of nitrogens with zero attached hydrogens (tertiary/aromatic N) is 2. The van der Waals surface area contributed by atoms with E-state index in [0.717, 1.165) is 33.3 Å². The van der Waals surface area contributed by atoms with Crippen molar-refractivity contribution in [1.82, 2.24) is 14.8 Å². The Kier molecular flexibility index (Phi) is 4.21. The highest BCUT2D eigenvalue weighted by atomic mass is 16.3. The Morgan fingerprint density at radius 1 is 1.03 bits per heavy atom. The highest BCUT2D eigenvalue weighted by Gasteiger charge is 2.48. The van der Waals surface area contributed by atoms with Gasteiger partial charge in [0.25, 0.3) is 0 Å². The molecule has 2 unspecified atom stereocenters. The van der Waals surface area contributed by atoms with Crippen molar-refractivity contribution in [3.63, 3.8) is 0 Å². The van der Waals surface area contributed by atoms with Crippen molar-refractivity contribution >= 4 is 22.7 Å². The van der Waals surface area contributed by atoms with Crippen molar-refractivity contribution in [2.75, 3.05) is 6.54 Å². The van der Waals surface area contributed by atoms with Crippen LogP contribution in [0.3, 0.4) is 0 Å². The fourth-order valence-corrected chi connectivity index (χ4v) is 5.27. The molecule has 6 heteroatoms. The zero-order valence-corrected chi connectivity index (χ0v) is 17.7. The fraction of sp³-hybridized carbons (Fsp3) is 0.231. The summed E-state index contributed by atoms with van der Waals surface area (Å²) in [5.74, 6) is 0.605. The molecule has 6 nitrogen and oxygen atoms in total. The van der Waals surface area contributed by atoms with Crippen LogP contribution in [0.25, 0.3) is 10.9 Å². The number of benzene rings is 2. The highest BCUT2D eigenvalue weighted by Crippen LogP contribution is 2.43.